The van der Waals surface area contributed by atoms with E-state index in [0.717, 1.165) is 95.4 Å². The number of nitrogens with zero attached hydrogens (tertiary/aromatic N) is 1. The lowest BCUT2D eigenvalue weighted by Crippen LogP contribution is -2.11. The Kier molecular flexibility index (Phi) is 37.8. The quantitative estimate of drug-likeness (QED) is 0.0165. The van der Waals surface area contributed by atoms with Crippen molar-refractivity contribution >= 4 is 17.7 Å². The molecular weight excluding hydrogens is 721 g/mol. The number of hydrogen-bond acceptors (Lipinski definition) is 7. The molecule has 1 aliphatic carbocycles. The molecule has 0 spiro atoms. The van der Waals surface area contributed by atoms with Gasteiger partial charge in [0.15, 0.2) is 0 Å². The summed E-state index contributed by atoms with van der Waals surface area (Å²) in [6.07, 6.45) is 41.4. The summed E-state index contributed by atoms with van der Waals surface area (Å²) in [6.45, 7) is 11.4. The van der Waals surface area contributed by atoms with E-state index in [1.807, 2.05) is 7.05 Å². The van der Waals surface area contributed by atoms with Crippen molar-refractivity contribution in [1.29, 1.82) is 0 Å². The molecule has 7 nitrogen and oxygen atoms in total. The summed E-state index contributed by atoms with van der Waals surface area (Å²) in [5.41, 5.74) is 2.59. The van der Waals surface area contributed by atoms with Gasteiger partial charge in [-0.05, 0) is 102 Å². The van der Waals surface area contributed by atoms with Gasteiger partial charge in [0, 0.05) is 19.3 Å². The summed E-state index contributed by atoms with van der Waals surface area (Å²) >= 11 is 0. The van der Waals surface area contributed by atoms with Gasteiger partial charge >= 0.3 is 11.9 Å². The Labute approximate surface area is 359 Å². The third-order valence-electron chi connectivity index (χ3n) is 12.1. The van der Waals surface area contributed by atoms with Crippen LogP contribution in [0.15, 0.2) is 16.5 Å². The van der Waals surface area contributed by atoms with Crippen molar-refractivity contribution in [2.24, 2.45) is 17.0 Å². The number of carbonyl (C=O) groups excluding carboxylic acids is 2. The molecule has 58 heavy (non-hydrogen) atoms. The summed E-state index contributed by atoms with van der Waals surface area (Å²) in [5.74, 6) is 2.57. The third kappa shape index (κ3) is 33.9. The van der Waals surface area contributed by atoms with Crippen LogP contribution in [0.2, 0.25) is 0 Å². The second-order valence-electron chi connectivity index (χ2n) is 17.8. The molecule has 1 fully saturated rings. The smallest absolute Gasteiger partial charge is 0.335 e. The molecule has 0 aromatic heterocycles. The topological polar surface area (TPSA) is 86.2 Å². The van der Waals surface area contributed by atoms with Gasteiger partial charge in [-0.25, -0.2) is 4.79 Å². The standard InChI is InChI=1S/C51H96N2O5/c1-6-10-20-29-45(30-21-11-7-2)40-43-56-49(47-38-39-47)35-26-18-14-16-24-33-48(53-58-51(55)37-28-42-52-5)34-25-17-15-19-27-36-50(54)57-44-41-46(31-22-12-8-3)32-23-13-9-4/h45-46,52H,6-44H2,1-5H3/b53-48-. The van der Waals surface area contributed by atoms with Crippen LogP contribution in [-0.2, 0) is 23.9 Å². The summed E-state index contributed by atoms with van der Waals surface area (Å²) in [6, 6.07) is 0. The second-order valence-corrected chi connectivity index (χ2v) is 17.8. The zero-order valence-electron chi connectivity index (χ0n) is 39.2. The number of ether oxygens (including phenoxy) is 2. The number of allylic oxidation sites excluding steroid dienone is 2. The molecule has 1 aliphatic rings. The first kappa shape index (κ1) is 54.1. The number of nitrogens with one attached hydrogen (secondary N) is 1. The average Bonchev–Trinajstić information content (AvgIpc) is 4.07. The van der Waals surface area contributed by atoms with Crippen molar-refractivity contribution in [2.45, 2.75) is 259 Å². The molecule has 0 aliphatic heterocycles. The average molecular weight is 817 g/mol. The van der Waals surface area contributed by atoms with Gasteiger partial charge < -0.3 is 19.6 Å². The normalized spacial score (nSPS) is 12.8. The number of carbonyl (C=O) groups is 2. The van der Waals surface area contributed by atoms with Crippen molar-refractivity contribution in [3.8, 4) is 0 Å². The Morgan fingerprint density at radius 3 is 1.40 bits per heavy atom. The van der Waals surface area contributed by atoms with E-state index in [9.17, 15) is 9.59 Å². The first-order valence-electron chi connectivity index (χ1n) is 25.4. The maximum absolute atomic E-state index is 12.4. The van der Waals surface area contributed by atoms with Crippen LogP contribution in [0.3, 0.4) is 0 Å². The molecule has 340 valence electrons. The highest BCUT2D eigenvalue weighted by Gasteiger charge is 2.19. The molecular formula is C51H96N2O5. The summed E-state index contributed by atoms with van der Waals surface area (Å²) in [4.78, 5) is 30.1. The van der Waals surface area contributed by atoms with Gasteiger partial charge in [-0.3, -0.25) is 4.79 Å². The predicted molar refractivity (Wildman–Crippen MR) is 247 cm³/mol. The van der Waals surface area contributed by atoms with E-state index in [4.69, 9.17) is 14.3 Å². The highest BCUT2D eigenvalue weighted by atomic mass is 16.7. The maximum atomic E-state index is 12.4. The molecule has 0 heterocycles. The number of hydrogen-bond donors (Lipinski definition) is 1. The summed E-state index contributed by atoms with van der Waals surface area (Å²) < 4.78 is 12.1. The van der Waals surface area contributed by atoms with Gasteiger partial charge in [0.2, 0.25) is 0 Å². The SMILES string of the molecule is CCCCCC(CCCCC)CCOC(=O)CCCCCCC/C(CCCCCCCC(OCCC(CCCCC)CCCCC)=C1CC1)=N\OC(=O)CCCNC. The van der Waals surface area contributed by atoms with Crippen molar-refractivity contribution < 1.29 is 23.9 Å². The second kappa shape index (κ2) is 40.5. The van der Waals surface area contributed by atoms with Crippen LogP contribution in [0.1, 0.15) is 259 Å². The number of esters is 1. The van der Waals surface area contributed by atoms with Gasteiger partial charge in [-0.15, -0.1) is 0 Å². The van der Waals surface area contributed by atoms with Crippen molar-refractivity contribution in [1.82, 2.24) is 5.32 Å². The van der Waals surface area contributed by atoms with E-state index >= 15 is 0 Å². The van der Waals surface area contributed by atoms with Gasteiger partial charge in [0.1, 0.15) is 0 Å². The van der Waals surface area contributed by atoms with Crippen LogP contribution in [-0.4, -0.2) is 44.5 Å². The Morgan fingerprint density at radius 2 is 0.931 bits per heavy atom. The minimum atomic E-state index is -0.241. The molecule has 0 aromatic rings. The lowest BCUT2D eigenvalue weighted by Gasteiger charge is -2.18. The molecule has 1 rings (SSSR count). The van der Waals surface area contributed by atoms with Gasteiger partial charge in [0.05, 0.1) is 24.7 Å². The fourth-order valence-electron chi connectivity index (χ4n) is 8.11. The van der Waals surface area contributed by atoms with E-state index in [2.05, 4.69) is 38.2 Å². The molecule has 0 unspecified atom stereocenters. The molecule has 0 radical (unpaired) electrons. The maximum Gasteiger partial charge on any atom is 0.335 e. The van der Waals surface area contributed by atoms with Gasteiger partial charge in [0.25, 0.3) is 0 Å². The fraction of sp³-hybridized carbons (Fsp3) is 0.902. The Hall–Kier alpha value is -1.89. The summed E-state index contributed by atoms with van der Waals surface area (Å²) in [5, 5.41) is 7.45. The van der Waals surface area contributed by atoms with Gasteiger partial charge in [-0.2, -0.15) is 0 Å². The lowest BCUT2D eigenvalue weighted by atomic mass is 9.92. The van der Waals surface area contributed by atoms with Crippen molar-refractivity contribution in [3.05, 3.63) is 11.3 Å². The Bertz CT molecular complexity index is 1000. The minimum Gasteiger partial charge on any atom is -0.498 e. The van der Waals surface area contributed by atoms with Crippen LogP contribution in [0.4, 0.5) is 0 Å². The number of oxime groups is 1. The van der Waals surface area contributed by atoms with Crippen LogP contribution in [0, 0.1) is 11.8 Å². The monoisotopic (exact) mass is 817 g/mol. The van der Waals surface area contributed by atoms with Crippen molar-refractivity contribution in [3.63, 3.8) is 0 Å². The Morgan fingerprint density at radius 1 is 0.500 bits per heavy atom. The van der Waals surface area contributed by atoms with Crippen molar-refractivity contribution in [2.75, 3.05) is 26.8 Å². The Balaban J connectivity index is 2.35. The molecule has 1 N–H and O–H groups in total. The molecule has 0 saturated heterocycles. The molecule has 0 aromatic carbocycles. The molecule has 0 bridgehead atoms. The van der Waals surface area contributed by atoms with E-state index in [-0.39, 0.29) is 11.9 Å². The highest BCUT2D eigenvalue weighted by Crippen LogP contribution is 2.35. The number of rotatable bonds is 44. The van der Waals surface area contributed by atoms with Crippen LogP contribution >= 0.6 is 0 Å². The predicted octanol–water partition coefficient (Wildman–Crippen LogP) is 15.3. The van der Waals surface area contributed by atoms with E-state index < -0.39 is 0 Å². The zero-order chi connectivity index (χ0) is 42.2. The van der Waals surface area contributed by atoms with Crippen LogP contribution in [0.5, 0.6) is 0 Å². The third-order valence-corrected chi connectivity index (χ3v) is 12.1. The molecule has 1 saturated carbocycles. The highest BCUT2D eigenvalue weighted by molar-refractivity contribution is 5.84. The van der Waals surface area contributed by atoms with E-state index in [1.165, 1.54) is 153 Å². The zero-order valence-corrected chi connectivity index (χ0v) is 39.2. The summed E-state index contributed by atoms with van der Waals surface area (Å²) in [7, 11) is 1.90. The first-order chi connectivity index (χ1) is 28.5. The minimum absolute atomic E-state index is 0.0322. The van der Waals surface area contributed by atoms with Crippen LogP contribution in [0.25, 0.3) is 0 Å². The number of unbranched alkanes of at least 4 members (excludes halogenated alkanes) is 16. The van der Waals surface area contributed by atoms with Crippen LogP contribution < -0.4 is 5.32 Å². The van der Waals surface area contributed by atoms with E-state index in [1.54, 1.807) is 5.57 Å². The molecule has 0 amide bonds. The fourth-order valence-corrected chi connectivity index (χ4v) is 8.11. The lowest BCUT2D eigenvalue weighted by molar-refractivity contribution is -0.144. The molecule has 7 heteroatoms. The largest absolute Gasteiger partial charge is 0.498 e. The van der Waals surface area contributed by atoms with Gasteiger partial charge in [-0.1, -0.05) is 174 Å². The van der Waals surface area contributed by atoms with E-state index in [0.29, 0.717) is 25.4 Å². The first-order valence-corrected chi connectivity index (χ1v) is 25.4. The molecule has 0 atom stereocenters.